The Kier molecular flexibility index (Phi) is 5.84. The summed E-state index contributed by atoms with van der Waals surface area (Å²) in [4.78, 5) is 2.23. The molecule has 5 nitrogen and oxygen atoms in total. The number of β-amino-alcohol motifs (C(OH)–C–C–N with tert-alkyl or cyclic N) is 1. The summed E-state index contributed by atoms with van der Waals surface area (Å²) >= 11 is 0. The number of likely N-dealkylation sites (tertiary alicyclic amines) is 1. The second-order valence-corrected chi connectivity index (χ2v) is 8.84. The molecule has 2 atom stereocenters. The van der Waals surface area contributed by atoms with Gasteiger partial charge in [-0.25, -0.2) is 13.1 Å². The van der Waals surface area contributed by atoms with Crippen molar-refractivity contribution in [3.05, 3.63) is 35.4 Å². The first-order valence-corrected chi connectivity index (χ1v) is 10.0. The van der Waals surface area contributed by atoms with Gasteiger partial charge in [-0.2, -0.15) is 0 Å². The smallest absolute Gasteiger partial charge is 0.208 e. The highest BCUT2D eigenvalue weighted by Crippen LogP contribution is 2.25. The largest absolute Gasteiger partial charge is 0.384 e. The monoisotopic (exact) mass is 340 g/mol. The van der Waals surface area contributed by atoms with Crippen molar-refractivity contribution in [3.8, 4) is 0 Å². The number of aryl methyl sites for hydroxylation is 1. The van der Waals surface area contributed by atoms with Gasteiger partial charge in [0.25, 0.3) is 0 Å². The Morgan fingerprint density at radius 3 is 2.61 bits per heavy atom. The van der Waals surface area contributed by atoms with Crippen LogP contribution in [0.2, 0.25) is 0 Å². The standard InChI is InChI=1S/C17H28N2O3S/c1-14-6-8-16(9-7-14)17(2,20)13-19-10-4-5-15(12-19)11-18-23(3,21)22/h6-9,15,18,20H,4-5,10-13H2,1-3H3. The van der Waals surface area contributed by atoms with E-state index in [1.807, 2.05) is 38.1 Å². The number of benzene rings is 1. The fraction of sp³-hybridized carbons (Fsp3) is 0.647. The maximum absolute atomic E-state index is 11.2. The molecule has 130 valence electrons. The zero-order chi connectivity index (χ0) is 17.1. The molecule has 2 N–H and O–H groups in total. The van der Waals surface area contributed by atoms with Gasteiger partial charge in [0.05, 0.1) is 11.9 Å². The van der Waals surface area contributed by atoms with E-state index in [2.05, 4.69) is 9.62 Å². The molecule has 2 rings (SSSR count). The van der Waals surface area contributed by atoms with Crippen molar-refractivity contribution in [2.75, 3.05) is 32.4 Å². The molecule has 6 heteroatoms. The van der Waals surface area contributed by atoms with Gasteiger partial charge in [-0.15, -0.1) is 0 Å². The molecule has 0 aromatic heterocycles. The third kappa shape index (κ3) is 5.88. The molecular formula is C17H28N2O3S. The van der Waals surface area contributed by atoms with Crippen molar-refractivity contribution in [3.63, 3.8) is 0 Å². The van der Waals surface area contributed by atoms with E-state index in [1.54, 1.807) is 0 Å². The fourth-order valence-corrected chi connectivity index (χ4v) is 3.71. The molecule has 1 fully saturated rings. The molecule has 1 aliphatic rings. The first-order chi connectivity index (χ1) is 10.7. The Morgan fingerprint density at radius 2 is 2.00 bits per heavy atom. The van der Waals surface area contributed by atoms with Crippen molar-refractivity contribution >= 4 is 10.0 Å². The van der Waals surface area contributed by atoms with Gasteiger partial charge >= 0.3 is 0 Å². The zero-order valence-corrected chi connectivity index (χ0v) is 15.1. The van der Waals surface area contributed by atoms with E-state index in [4.69, 9.17) is 0 Å². The van der Waals surface area contributed by atoms with Gasteiger partial charge in [0, 0.05) is 19.6 Å². The lowest BCUT2D eigenvalue weighted by Gasteiger charge is -2.37. The Labute approximate surface area is 139 Å². The van der Waals surface area contributed by atoms with Gasteiger partial charge in [0.2, 0.25) is 10.0 Å². The second-order valence-electron chi connectivity index (χ2n) is 7.00. The summed E-state index contributed by atoms with van der Waals surface area (Å²) in [6, 6.07) is 7.97. The fourth-order valence-electron chi connectivity index (χ4n) is 3.17. The van der Waals surface area contributed by atoms with Crippen LogP contribution in [0.3, 0.4) is 0 Å². The summed E-state index contributed by atoms with van der Waals surface area (Å²) in [6.45, 7) is 6.66. The van der Waals surface area contributed by atoms with Crippen LogP contribution in [0.15, 0.2) is 24.3 Å². The van der Waals surface area contributed by atoms with Gasteiger partial charge in [-0.1, -0.05) is 29.8 Å². The minimum atomic E-state index is -3.14. The first-order valence-electron chi connectivity index (χ1n) is 8.12. The average Bonchev–Trinajstić information content (AvgIpc) is 2.45. The predicted octanol–water partition coefficient (Wildman–Crippen LogP) is 1.46. The molecule has 0 aliphatic carbocycles. The Bertz CT molecular complexity index is 611. The normalized spacial score (nSPS) is 22.7. The SMILES string of the molecule is Cc1ccc(C(C)(O)CN2CCCC(CNS(C)(=O)=O)C2)cc1. The Balaban J connectivity index is 1.94. The number of rotatable bonds is 6. The third-order valence-electron chi connectivity index (χ3n) is 4.44. The summed E-state index contributed by atoms with van der Waals surface area (Å²) in [5.41, 5.74) is 1.19. The molecule has 2 unspecified atom stereocenters. The van der Waals surface area contributed by atoms with Gasteiger partial charge in [-0.3, -0.25) is 4.90 Å². The maximum atomic E-state index is 11.2. The van der Waals surface area contributed by atoms with E-state index in [1.165, 1.54) is 11.8 Å². The molecule has 1 heterocycles. The molecule has 1 saturated heterocycles. The summed E-state index contributed by atoms with van der Waals surface area (Å²) in [6.07, 6.45) is 3.24. The number of hydrogen-bond acceptors (Lipinski definition) is 4. The van der Waals surface area contributed by atoms with Crippen molar-refractivity contribution in [1.29, 1.82) is 0 Å². The summed E-state index contributed by atoms with van der Waals surface area (Å²) < 4.78 is 25.1. The lowest BCUT2D eigenvalue weighted by Crippen LogP contribution is -2.46. The summed E-state index contributed by atoms with van der Waals surface area (Å²) in [7, 11) is -3.14. The van der Waals surface area contributed by atoms with Crippen LogP contribution < -0.4 is 4.72 Å². The van der Waals surface area contributed by atoms with Gasteiger partial charge in [-0.05, 0) is 44.7 Å². The van der Waals surface area contributed by atoms with Crippen LogP contribution >= 0.6 is 0 Å². The van der Waals surface area contributed by atoms with Gasteiger partial charge < -0.3 is 5.11 Å². The molecule has 0 radical (unpaired) electrons. The number of nitrogens with one attached hydrogen (secondary N) is 1. The Hall–Kier alpha value is -0.950. The quantitative estimate of drug-likeness (QED) is 0.823. The van der Waals surface area contributed by atoms with Crippen LogP contribution in [0.25, 0.3) is 0 Å². The minimum absolute atomic E-state index is 0.298. The van der Waals surface area contributed by atoms with Crippen molar-refractivity contribution < 1.29 is 13.5 Å². The lowest BCUT2D eigenvalue weighted by atomic mass is 9.92. The molecule has 1 aromatic carbocycles. The molecule has 1 aromatic rings. The number of sulfonamides is 1. The minimum Gasteiger partial charge on any atom is -0.384 e. The number of piperidine rings is 1. The van der Waals surface area contributed by atoms with E-state index >= 15 is 0 Å². The molecule has 0 saturated carbocycles. The zero-order valence-electron chi connectivity index (χ0n) is 14.2. The highest BCUT2D eigenvalue weighted by molar-refractivity contribution is 7.88. The van der Waals surface area contributed by atoms with E-state index in [-0.39, 0.29) is 0 Å². The topological polar surface area (TPSA) is 69.6 Å². The van der Waals surface area contributed by atoms with E-state index < -0.39 is 15.6 Å². The maximum Gasteiger partial charge on any atom is 0.208 e. The molecule has 23 heavy (non-hydrogen) atoms. The van der Waals surface area contributed by atoms with E-state index in [0.717, 1.165) is 31.5 Å². The van der Waals surface area contributed by atoms with E-state index in [9.17, 15) is 13.5 Å². The molecule has 1 aliphatic heterocycles. The molecule has 0 spiro atoms. The predicted molar refractivity (Wildman–Crippen MR) is 92.8 cm³/mol. The highest BCUT2D eigenvalue weighted by Gasteiger charge is 2.29. The molecule has 0 bridgehead atoms. The summed E-state index contributed by atoms with van der Waals surface area (Å²) in [5.74, 6) is 0.298. The highest BCUT2D eigenvalue weighted by atomic mass is 32.2. The number of aliphatic hydroxyl groups is 1. The van der Waals surface area contributed by atoms with Gasteiger partial charge in [0.1, 0.15) is 0 Å². The number of nitrogens with zero attached hydrogens (tertiary/aromatic N) is 1. The molecular weight excluding hydrogens is 312 g/mol. The first kappa shape index (κ1) is 18.4. The van der Waals surface area contributed by atoms with Crippen LogP contribution in [0.1, 0.15) is 30.9 Å². The van der Waals surface area contributed by atoms with Gasteiger partial charge in [0.15, 0.2) is 0 Å². The average molecular weight is 340 g/mol. The van der Waals surface area contributed by atoms with Crippen molar-refractivity contribution in [2.24, 2.45) is 5.92 Å². The molecule has 0 amide bonds. The van der Waals surface area contributed by atoms with Crippen LogP contribution in [0.4, 0.5) is 0 Å². The number of hydrogen-bond donors (Lipinski definition) is 2. The van der Waals surface area contributed by atoms with Crippen LogP contribution in [-0.4, -0.2) is 50.9 Å². The lowest BCUT2D eigenvalue weighted by molar-refractivity contribution is 0.00358. The summed E-state index contributed by atoms with van der Waals surface area (Å²) in [5, 5.41) is 10.8. The Morgan fingerprint density at radius 1 is 1.35 bits per heavy atom. The third-order valence-corrected chi connectivity index (χ3v) is 5.13. The second kappa shape index (κ2) is 7.30. The van der Waals surface area contributed by atoms with Crippen molar-refractivity contribution in [2.45, 2.75) is 32.3 Å². The van der Waals surface area contributed by atoms with Crippen LogP contribution in [0, 0.1) is 12.8 Å². The van der Waals surface area contributed by atoms with Crippen LogP contribution in [0.5, 0.6) is 0 Å². The van der Waals surface area contributed by atoms with Crippen LogP contribution in [-0.2, 0) is 15.6 Å². The van der Waals surface area contributed by atoms with E-state index in [0.29, 0.717) is 19.0 Å². The van der Waals surface area contributed by atoms with Crippen molar-refractivity contribution in [1.82, 2.24) is 9.62 Å².